The first-order chi connectivity index (χ1) is 11.3. The molecule has 2 aliphatic rings. The molecule has 0 aromatic heterocycles. The first-order valence-electron chi connectivity index (χ1n) is 8.05. The van der Waals surface area contributed by atoms with Gasteiger partial charge in [0.15, 0.2) is 5.79 Å². The highest BCUT2D eigenvalue weighted by atomic mass is 19.4. The Hall–Kier alpha value is -1.60. The highest BCUT2D eigenvalue weighted by molar-refractivity contribution is 5.96. The smallest absolute Gasteiger partial charge is 0.348 e. The van der Waals surface area contributed by atoms with Crippen LogP contribution < -0.4 is 0 Å². The summed E-state index contributed by atoms with van der Waals surface area (Å²) in [4.78, 5) is 14.0. The number of halogens is 3. The molecule has 2 aliphatic heterocycles. The van der Waals surface area contributed by atoms with Crippen molar-refractivity contribution in [2.75, 3.05) is 26.3 Å². The van der Waals surface area contributed by atoms with Crippen molar-refractivity contribution in [3.05, 3.63) is 35.4 Å². The Labute approximate surface area is 138 Å². The van der Waals surface area contributed by atoms with E-state index in [0.717, 1.165) is 6.07 Å². The van der Waals surface area contributed by atoms with Crippen LogP contribution in [0.5, 0.6) is 0 Å². The van der Waals surface area contributed by atoms with Crippen LogP contribution >= 0.6 is 0 Å². The maximum absolute atomic E-state index is 13.1. The van der Waals surface area contributed by atoms with Crippen LogP contribution in [0.1, 0.15) is 35.7 Å². The number of carbonyl (C=O) groups is 1. The molecule has 2 fully saturated rings. The molecule has 1 aromatic carbocycles. The van der Waals surface area contributed by atoms with Gasteiger partial charge in [0, 0.05) is 19.0 Å². The summed E-state index contributed by atoms with van der Waals surface area (Å²) in [5.41, 5.74) is -1.17. The predicted octanol–water partition coefficient (Wildman–Crippen LogP) is 3.32. The van der Waals surface area contributed by atoms with Crippen molar-refractivity contribution in [2.24, 2.45) is 5.92 Å². The Morgan fingerprint density at radius 3 is 2.33 bits per heavy atom. The number of hydrogen-bond acceptors (Lipinski definition) is 3. The summed E-state index contributed by atoms with van der Waals surface area (Å²) in [6.45, 7) is 3.79. The second kappa shape index (κ2) is 6.37. The van der Waals surface area contributed by atoms with Crippen LogP contribution in [0.15, 0.2) is 24.3 Å². The standard InChI is InChI=1S/C17H20F3NO3/c1-16(23-10-11-24-16)12-6-8-21(9-7-12)15(22)13-4-2-3-5-14(13)17(18,19)20/h2-5,12H,6-11H2,1H3. The van der Waals surface area contributed by atoms with E-state index in [1.165, 1.54) is 23.1 Å². The van der Waals surface area contributed by atoms with Crippen molar-refractivity contribution in [3.63, 3.8) is 0 Å². The molecule has 0 radical (unpaired) electrons. The number of rotatable bonds is 2. The van der Waals surface area contributed by atoms with E-state index in [9.17, 15) is 18.0 Å². The summed E-state index contributed by atoms with van der Waals surface area (Å²) in [7, 11) is 0. The highest BCUT2D eigenvalue weighted by Gasteiger charge is 2.42. The fourth-order valence-electron chi connectivity index (χ4n) is 3.46. The monoisotopic (exact) mass is 343 g/mol. The van der Waals surface area contributed by atoms with Crippen LogP contribution in [-0.4, -0.2) is 42.9 Å². The lowest BCUT2D eigenvalue weighted by Crippen LogP contribution is -2.46. The summed E-state index contributed by atoms with van der Waals surface area (Å²) in [6, 6.07) is 4.93. The van der Waals surface area contributed by atoms with Crippen LogP contribution in [0.4, 0.5) is 13.2 Å². The molecule has 0 unspecified atom stereocenters. The minimum atomic E-state index is -4.54. The third-order valence-corrected chi connectivity index (χ3v) is 4.85. The molecule has 0 spiro atoms. The van der Waals surface area contributed by atoms with Gasteiger partial charge in [-0.25, -0.2) is 0 Å². The summed E-state index contributed by atoms with van der Waals surface area (Å²) in [5, 5.41) is 0. The highest BCUT2D eigenvalue weighted by Crippen LogP contribution is 2.36. The van der Waals surface area contributed by atoms with E-state index in [4.69, 9.17) is 9.47 Å². The summed E-state index contributed by atoms with van der Waals surface area (Å²) in [6.07, 6.45) is -3.24. The zero-order chi connectivity index (χ0) is 17.4. The van der Waals surface area contributed by atoms with E-state index in [-0.39, 0.29) is 11.5 Å². The summed E-state index contributed by atoms with van der Waals surface area (Å²) < 4.78 is 50.6. The Morgan fingerprint density at radius 1 is 1.17 bits per heavy atom. The van der Waals surface area contributed by atoms with Gasteiger partial charge in [0.2, 0.25) is 0 Å². The number of piperidine rings is 1. The summed E-state index contributed by atoms with van der Waals surface area (Å²) in [5.74, 6) is -1.07. The first kappa shape index (κ1) is 17.2. The lowest BCUT2D eigenvalue weighted by molar-refractivity contribution is -0.189. The van der Waals surface area contributed by atoms with E-state index in [1.807, 2.05) is 6.92 Å². The Morgan fingerprint density at radius 2 is 1.75 bits per heavy atom. The maximum Gasteiger partial charge on any atom is 0.417 e. The topological polar surface area (TPSA) is 38.8 Å². The van der Waals surface area contributed by atoms with Crippen molar-refractivity contribution in [2.45, 2.75) is 31.7 Å². The van der Waals surface area contributed by atoms with Gasteiger partial charge in [-0.15, -0.1) is 0 Å². The Bertz CT molecular complexity index is 603. The lowest BCUT2D eigenvalue weighted by atomic mass is 9.89. The predicted molar refractivity (Wildman–Crippen MR) is 80.4 cm³/mol. The van der Waals surface area contributed by atoms with Crippen LogP contribution in [0.2, 0.25) is 0 Å². The number of amides is 1. The van der Waals surface area contributed by atoms with E-state index in [1.54, 1.807) is 0 Å². The first-order valence-corrected chi connectivity index (χ1v) is 8.05. The van der Waals surface area contributed by atoms with Gasteiger partial charge in [-0.1, -0.05) is 12.1 Å². The van der Waals surface area contributed by atoms with E-state index >= 15 is 0 Å². The van der Waals surface area contributed by atoms with Crippen molar-refractivity contribution in [1.82, 2.24) is 4.90 Å². The van der Waals surface area contributed by atoms with Crippen molar-refractivity contribution in [3.8, 4) is 0 Å². The molecule has 0 bridgehead atoms. The molecule has 0 aliphatic carbocycles. The fraction of sp³-hybridized carbons (Fsp3) is 0.588. The van der Waals surface area contributed by atoms with Crippen LogP contribution in [0.25, 0.3) is 0 Å². The van der Waals surface area contributed by atoms with Gasteiger partial charge in [-0.2, -0.15) is 13.2 Å². The number of benzene rings is 1. The molecule has 0 saturated carbocycles. The number of hydrogen-bond donors (Lipinski definition) is 0. The SMILES string of the molecule is CC1(C2CCN(C(=O)c3ccccc3C(F)(F)F)CC2)OCCO1. The molecule has 24 heavy (non-hydrogen) atoms. The third-order valence-electron chi connectivity index (χ3n) is 4.85. The minimum Gasteiger partial charge on any atom is -0.348 e. The fourth-order valence-corrected chi connectivity index (χ4v) is 3.46. The molecule has 3 rings (SSSR count). The van der Waals surface area contributed by atoms with E-state index < -0.39 is 23.4 Å². The van der Waals surface area contributed by atoms with Crippen molar-refractivity contribution < 1.29 is 27.4 Å². The van der Waals surface area contributed by atoms with Gasteiger partial charge >= 0.3 is 6.18 Å². The number of nitrogens with zero attached hydrogens (tertiary/aromatic N) is 1. The van der Waals surface area contributed by atoms with E-state index in [0.29, 0.717) is 39.1 Å². The number of carbonyl (C=O) groups excluding carboxylic acids is 1. The zero-order valence-corrected chi connectivity index (χ0v) is 13.4. The quantitative estimate of drug-likeness (QED) is 0.827. The van der Waals surface area contributed by atoms with Gasteiger partial charge in [0.1, 0.15) is 0 Å². The molecule has 1 aromatic rings. The number of alkyl halides is 3. The summed E-state index contributed by atoms with van der Waals surface area (Å²) >= 11 is 0. The minimum absolute atomic E-state index is 0.141. The van der Waals surface area contributed by atoms with Gasteiger partial charge in [0.25, 0.3) is 5.91 Å². The molecule has 1 amide bonds. The molecular weight excluding hydrogens is 323 g/mol. The molecule has 4 nitrogen and oxygen atoms in total. The molecule has 2 saturated heterocycles. The van der Waals surface area contributed by atoms with Crippen LogP contribution in [0, 0.1) is 5.92 Å². The molecule has 2 heterocycles. The van der Waals surface area contributed by atoms with Crippen molar-refractivity contribution >= 4 is 5.91 Å². The normalized spacial score (nSPS) is 21.9. The average Bonchev–Trinajstić information content (AvgIpc) is 3.01. The average molecular weight is 343 g/mol. The largest absolute Gasteiger partial charge is 0.417 e. The molecular formula is C17H20F3NO3. The molecule has 132 valence electrons. The van der Waals surface area contributed by atoms with Gasteiger partial charge in [0.05, 0.1) is 24.3 Å². The van der Waals surface area contributed by atoms with Crippen LogP contribution in [0.3, 0.4) is 0 Å². The number of likely N-dealkylation sites (tertiary alicyclic amines) is 1. The second-order valence-electron chi connectivity index (χ2n) is 6.32. The van der Waals surface area contributed by atoms with Gasteiger partial charge < -0.3 is 14.4 Å². The third kappa shape index (κ3) is 3.28. The molecule has 0 atom stereocenters. The second-order valence-corrected chi connectivity index (χ2v) is 6.32. The lowest BCUT2D eigenvalue weighted by Gasteiger charge is -2.39. The molecule has 0 N–H and O–H groups in total. The van der Waals surface area contributed by atoms with Gasteiger partial charge in [-0.05, 0) is 31.9 Å². The van der Waals surface area contributed by atoms with Gasteiger partial charge in [-0.3, -0.25) is 4.79 Å². The molecule has 7 heteroatoms. The number of ether oxygens (including phenoxy) is 2. The van der Waals surface area contributed by atoms with Crippen molar-refractivity contribution in [1.29, 1.82) is 0 Å². The maximum atomic E-state index is 13.1. The Balaban J connectivity index is 1.70. The Kier molecular flexibility index (Phi) is 4.57. The van der Waals surface area contributed by atoms with Crippen LogP contribution in [-0.2, 0) is 15.7 Å². The van der Waals surface area contributed by atoms with E-state index in [2.05, 4.69) is 0 Å². The zero-order valence-electron chi connectivity index (χ0n) is 13.4.